The van der Waals surface area contributed by atoms with E-state index in [0.29, 0.717) is 5.92 Å². The van der Waals surface area contributed by atoms with Crippen LogP contribution in [-0.2, 0) is 12.5 Å². The molecule has 0 amide bonds. The Kier molecular flexibility index (Phi) is 2.82. The first-order valence-corrected chi connectivity index (χ1v) is 6.11. The van der Waals surface area contributed by atoms with Crippen molar-refractivity contribution in [3.05, 3.63) is 17.5 Å². The van der Waals surface area contributed by atoms with E-state index in [1.165, 1.54) is 6.42 Å². The molecule has 2 rings (SSSR count). The highest BCUT2D eigenvalue weighted by Gasteiger charge is 2.32. The molecule has 0 bridgehead atoms. The van der Waals surface area contributed by atoms with Gasteiger partial charge in [0.15, 0.2) is 0 Å². The van der Waals surface area contributed by atoms with Gasteiger partial charge in [0, 0.05) is 24.2 Å². The lowest BCUT2D eigenvalue weighted by Crippen LogP contribution is -2.23. The van der Waals surface area contributed by atoms with Crippen LogP contribution in [0.4, 0.5) is 0 Å². The van der Waals surface area contributed by atoms with Gasteiger partial charge in [-0.25, -0.2) is 0 Å². The number of hydrogen-bond acceptors (Lipinski definition) is 2. The van der Waals surface area contributed by atoms with Crippen molar-refractivity contribution >= 4 is 0 Å². The number of aryl methyl sites for hydroxylation is 1. The Morgan fingerprint density at radius 3 is 2.50 bits per heavy atom. The largest absolute Gasteiger partial charge is 0.388 e. The van der Waals surface area contributed by atoms with Crippen molar-refractivity contribution in [2.75, 3.05) is 0 Å². The van der Waals surface area contributed by atoms with Gasteiger partial charge in [-0.3, -0.25) is 4.68 Å². The van der Waals surface area contributed by atoms with Crippen LogP contribution in [0.1, 0.15) is 57.4 Å². The van der Waals surface area contributed by atoms with Gasteiger partial charge in [0.25, 0.3) is 0 Å². The first-order valence-electron chi connectivity index (χ1n) is 6.11. The van der Waals surface area contributed by atoms with Crippen LogP contribution in [0, 0.1) is 5.92 Å². The summed E-state index contributed by atoms with van der Waals surface area (Å²) in [4.78, 5) is 0. The van der Waals surface area contributed by atoms with Gasteiger partial charge in [0.1, 0.15) is 0 Å². The van der Waals surface area contributed by atoms with Gasteiger partial charge >= 0.3 is 0 Å². The molecule has 0 saturated heterocycles. The summed E-state index contributed by atoms with van der Waals surface area (Å²) in [5.74, 6) is 0.449. The highest BCUT2D eigenvalue weighted by atomic mass is 16.3. The molecule has 1 atom stereocenters. The van der Waals surface area contributed by atoms with E-state index in [9.17, 15) is 5.11 Å². The van der Waals surface area contributed by atoms with E-state index in [2.05, 4.69) is 25.9 Å². The zero-order chi connectivity index (χ0) is 11.9. The normalized spacial score (nSPS) is 19.6. The zero-order valence-corrected chi connectivity index (χ0v) is 10.7. The van der Waals surface area contributed by atoms with Crippen molar-refractivity contribution in [1.29, 1.82) is 0 Å². The van der Waals surface area contributed by atoms with Crippen LogP contribution in [0.2, 0.25) is 0 Å². The summed E-state index contributed by atoms with van der Waals surface area (Å²) in [5, 5.41) is 14.8. The highest BCUT2D eigenvalue weighted by Crippen LogP contribution is 2.40. The molecule has 0 radical (unpaired) electrons. The van der Waals surface area contributed by atoms with E-state index in [1.54, 1.807) is 0 Å². The minimum Gasteiger partial charge on any atom is -0.388 e. The Bertz CT molecular complexity index is 372. The first kappa shape index (κ1) is 11.6. The molecular formula is C13H22N2O. The third kappa shape index (κ3) is 2.01. The zero-order valence-electron chi connectivity index (χ0n) is 10.7. The van der Waals surface area contributed by atoms with Gasteiger partial charge in [-0.05, 0) is 18.8 Å². The molecule has 0 aromatic carbocycles. The van der Waals surface area contributed by atoms with Crippen molar-refractivity contribution in [2.45, 2.75) is 51.6 Å². The maximum atomic E-state index is 10.3. The second kappa shape index (κ2) is 3.88. The van der Waals surface area contributed by atoms with Crippen LogP contribution < -0.4 is 0 Å². The second-order valence-electron chi connectivity index (χ2n) is 5.99. The molecule has 1 aromatic rings. The van der Waals surface area contributed by atoms with E-state index in [4.69, 9.17) is 0 Å². The Morgan fingerprint density at radius 1 is 1.44 bits per heavy atom. The van der Waals surface area contributed by atoms with Crippen LogP contribution in [-0.4, -0.2) is 14.9 Å². The summed E-state index contributed by atoms with van der Waals surface area (Å²) < 4.78 is 1.82. The molecule has 0 aliphatic heterocycles. The summed E-state index contributed by atoms with van der Waals surface area (Å²) in [5.41, 5.74) is 2.07. The van der Waals surface area contributed by atoms with Crippen molar-refractivity contribution < 1.29 is 5.11 Å². The highest BCUT2D eigenvalue weighted by molar-refractivity contribution is 5.27. The third-order valence-corrected chi connectivity index (χ3v) is 3.48. The molecule has 1 saturated carbocycles. The quantitative estimate of drug-likeness (QED) is 0.835. The molecule has 1 unspecified atom stereocenters. The molecule has 1 N–H and O–H groups in total. The summed E-state index contributed by atoms with van der Waals surface area (Å²) in [6, 6.07) is 0. The number of aromatic nitrogens is 2. The van der Waals surface area contributed by atoms with Crippen LogP contribution in [0.3, 0.4) is 0 Å². The van der Waals surface area contributed by atoms with E-state index < -0.39 is 0 Å². The van der Waals surface area contributed by atoms with Gasteiger partial charge in [-0.2, -0.15) is 5.10 Å². The van der Waals surface area contributed by atoms with Crippen LogP contribution in [0.25, 0.3) is 0 Å². The fourth-order valence-corrected chi connectivity index (χ4v) is 2.32. The lowest BCUT2D eigenvalue weighted by Gasteiger charge is -2.31. The topological polar surface area (TPSA) is 38.0 Å². The van der Waals surface area contributed by atoms with Crippen molar-refractivity contribution in [3.63, 3.8) is 0 Å². The average molecular weight is 222 g/mol. The molecular weight excluding hydrogens is 200 g/mol. The number of nitrogens with zero attached hydrogens (tertiary/aromatic N) is 2. The Labute approximate surface area is 97.5 Å². The Hall–Kier alpha value is -0.830. The number of aliphatic hydroxyl groups is 1. The maximum absolute atomic E-state index is 10.3. The second-order valence-corrected chi connectivity index (χ2v) is 5.99. The van der Waals surface area contributed by atoms with E-state index in [1.807, 2.05) is 17.9 Å². The standard InChI is InChI=1S/C13H22N2O/c1-13(2,3)12-10(8-15(4)14-12)11(16)9-6-5-7-9/h8-9,11,16H,5-7H2,1-4H3. The number of rotatable bonds is 2. The minimum atomic E-state index is -0.323. The van der Waals surface area contributed by atoms with E-state index >= 15 is 0 Å². The predicted octanol–water partition coefficient (Wildman–Crippen LogP) is 2.55. The number of aliphatic hydroxyl groups excluding tert-OH is 1. The summed E-state index contributed by atoms with van der Waals surface area (Å²) in [6.07, 6.45) is 5.21. The van der Waals surface area contributed by atoms with Gasteiger partial charge < -0.3 is 5.11 Å². The molecule has 1 aliphatic rings. The number of hydrogen-bond donors (Lipinski definition) is 1. The molecule has 1 fully saturated rings. The minimum absolute atomic E-state index is 0.00131. The third-order valence-electron chi connectivity index (χ3n) is 3.48. The summed E-state index contributed by atoms with van der Waals surface area (Å²) in [7, 11) is 1.92. The molecule has 90 valence electrons. The lowest BCUT2D eigenvalue weighted by atomic mass is 9.77. The van der Waals surface area contributed by atoms with Crippen molar-refractivity contribution in [3.8, 4) is 0 Å². The molecule has 1 aromatic heterocycles. The Balaban J connectivity index is 2.31. The van der Waals surface area contributed by atoms with Gasteiger partial charge in [0.2, 0.25) is 0 Å². The monoisotopic (exact) mass is 222 g/mol. The molecule has 1 aliphatic carbocycles. The summed E-state index contributed by atoms with van der Waals surface area (Å²) >= 11 is 0. The Morgan fingerprint density at radius 2 is 2.06 bits per heavy atom. The van der Waals surface area contributed by atoms with Gasteiger partial charge in [-0.15, -0.1) is 0 Å². The average Bonchev–Trinajstić information content (AvgIpc) is 2.43. The maximum Gasteiger partial charge on any atom is 0.0851 e. The van der Waals surface area contributed by atoms with Gasteiger partial charge in [0.05, 0.1) is 11.8 Å². The SMILES string of the molecule is Cn1cc(C(O)C2CCC2)c(C(C)(C)C)n1. The molecule has 0 spiro atoms. The van der Waals surface area contributed by atoms with E-state index in [-0.39, 0.29) is 11.5 Å². The van der Waals surface area contributed by atoms with Crippen LogP contribution >= 0.6 is 0 Å². The van der Waals surface area contributed by atoms with Crippen LogP contribution in [0.15, 0.2) is 6.20 Å². The predicted molar refractivity (Wildman–Crippen MR) is 64.2 cm³/mol. The summed E-state index contributed by atoms with van der Waals surface area (Å²) in [6.45, 7) is 6.44. The first-order chi connectivity index (χ1) is 7.39. The smallest absolute Gasteiger partial charge is 0.0851 e. The van der Waals surface area contributed by atoms with Crippen molar-refractivity contribution in [2.24, 2.45) is 13.0 Å². The molecule has 1 heterocycles. The fraction of sp³-hybridized carbons (Fsp3) is 0.769. The molecule has 3 nitrogen and oxygen atoms in total. The van der Waals surface area contributed by atoms with Crippen molar-refractivity contribution in [1.82, 2.24) is 9.78 Å². The van der Waals surface area contributed by atoms with Crippen LogP contribution in [0.5, 0.6) is 0 Å². The molecule has 16 heavy (non-hydrogen) atoms. The lowest BCUT2D eigenvalue weighted by molar-refractivity contribution is 0.0606. The van der Waals surface area contributed by atoms with E-state index in [0.717, 1.165) is 24.1 Å². The molecule has 3 heteroatoms. The fourth-order valence-electron chi connectivity index (χ4n) is 2.32. The van der Waals surface area contributed by atoms with Gasteiger partial charge in [-0.1, -0.05) is 27.2 Å².